The van der Waals surface area contributed by atoms with Crippen LogP contribution >= 0.6 is 11.8 Å². The molecule has 3 rings (SSSR count). The number of nitrogens with zero attached hydrogens (tertiary/aromatic N) is 6. The Bertz CT molecular complexity index is 753. The van der Waals surface area contributed by atoms with Crippen LogP contribution in [0, 0.1) is 0 Å². The molecule has 2 aromatic rings. The van der Waals surface area contributed by atoms with Gasteiger partial charge in [0.05, 0.1) is 17.8 Å². The molecule has 9 nitrogen and oxygen atoms in total. The normalized spacial score (nSPS) is 14.0. The molecule has 1 aliphatic rings. The molecule has 10 heteroatoms. The number of carbonyl (C=O) groups is 1. The minimum atomic E-state index is -0.131. The lowest BCUT2D eigenvalue weighted by Gasteiger charge is -2.07. The minimum Gasteiger partial charge on any atom is -0.354 e. The standard InChI is InChI=1S/C13H17N7O2S/c1-19-13(16-17-18-19)23-7-11(21)14-4-5-20-8-15-10(6-12(20)22)9-2-3-9/h6,8-9H,2-5,7H2,1H3,(H,14,21). The molecule has 2 aromatic heterocycles. The molecule has 23 heavy (non-hydrogen) atoms. The third kappa shape index (κ3) is 4.15. The molecule has 1 amide bonds. The van der Waals surface area contributed by atoms with E-state index in [0.29, 0.717) is 24.2 Å². The summed E-state index contributed by atoms with van der Waals surface area (Å²) in [6.07, 6.45) is 3.79. The van der Waals surface area contributed by atoms with Crippen molar-refractivity contribution in [2.75, 3.05) is 12.3 Å². The van der Waals surface area contributed by atoms with Gasteiger partial charge >= 0.3 is 0 Å². The van der Waals surface area contributed by atoms with Crippen LogP contribution in [0.2, 0.25) is 0 Å². The van der Waals surface area contributed by atoms with Crippen molar-refractivity contribution in [2.24, 2.45) is 7.05 Å². The first kappa shape index (κ1) is 15.7. The van der Waals surface area contributed by atoms with Gasteiger partial charge in [0.1, 0.15) is 0 Å². The number of aryl methyl sites for hydroxylation is 1. The van der Waals surface area contributed by atoms with E-state index in [1.54, 1.807) is 19.4 Å². The van der Waals surface area contributed by atoms with Crippen molar-refractivity contribution >= 4 is 17.7 Å². The van der Waals surface area contributed by atoms with Gasteiger partial charge in [-0.1, -0.05) is 11.8 Å². The molecule has 0 saturated heterocycles. The third-order valence-electron chi connectivity index (χ3n) is 3.48. The van der Waals surface area contributed by atoms with E-state index in [2.05, 4.69) is 25.8 Å². The van der Waals surface area contributed by atoms with Gasteiger partial charge in [-0.2, -0.15) is 0 Å². The summed E-state index contributed by atoms with van der Waals surface area (Å²) in [7, 11) is 1.71. The van der Waals surface area contributed by atoms with Gasteiger partial charge in [0.25, 0.3) is 5.56 Å². The van der Waals surface area contributed by atoms with E-state index < -0.39 is 0 Å². The lowest BCUT2D eigenvalue weighted by molar-refractivity contribution is -0.118. The maximum Gasteiger partial charge on any atom is 0.253 e. The van der Waals surface area contributed by atoms with Crippen LogP contribution in [0.1, 0.15) is 24.5 Å². The number of hydrogen-bond donors (Lipinski definition) is 1. The largest absolute Gasteiger partial charge is 0.354 e. The molecule has 0 unspecified atom stereocenters. The Morgan fingerprint density at radius 3 is 2.96 bits per heavy atom. The lowest BCUT2D eigenvalue weighted by Crippen LogP contribution is -2.32. The number of carbonyl (C=O) groups excluding carboxylic acids is 1. The van der Waals surface area contributed by atoms with Crippen molar-refractivity contribution < 1.29 is 4.79 Å². The van der Waals surface area contributed by atoms with Gasteiger partial charge in [0.2, 0.25) is 11.1 Å². The first-order valence-electron chi connectivity index (χ1n) is 7.31. The second-order valence-electron chi connectivity index (χ2n) is 5.34. The molecule has 1 N–H and O–H groups in total. The zero-order chi connectivity index (χ0) is 16.2. The average Bonchev–Trinajstić information content (AvgIpc) is 3.30. The fraction of sp³-hybridized carbons (Fsp3) is 0.538. The molecule has 122 valence electrons. The van der Waals surface area contributed by atoms with Crippen LogP contribution in [0.5, 0.6) is 0 Å². The van der Waals surface area contributed by atoms with Crippen molar-refractivity contribution in [1.29, 1.82) is 0 Å². The van der Waals surface area contributed by atoms with Gasteiger partial charge in [-0.3, -0.25) is 14.2 Å². The van der Waals surface area contributed by atoms with Crippen LogP contribution < -0.4 is 10.9 Å². The second kappa shape index (κ2) is 6.90. The van der Waals surface area contributed by atoms with E-state index in [1.807, 2.05) is 0 Å². The number of tetrazole rings is 1. The molecule has 0 atom stereocenters. The van der Waals surface area contributed by atoms with Crippen molar-refractivity contribution in [3.8, 4) is 0 Å². The molecule has 0 spiro atoms. The summed E-state index contributed by atoms with van der Waals surface area (Å²) in [4.78, 5) is 28.0. The van der Waals surface area contributed by atoms with Gasteiger partial charge in [-0.05, 0) is 23.3 Å². The summed E-state index contributed by atoms with van der Waals surface area (Å²) >= 11 is 1.26. The van der Waals surface area contributed by atoms with Gasteiger partial charge in [-0.25, -0.2) is 9.67 Å². The summed E-state index contributed by atoms with van der Waals surface area (Å²) < 4.78 is 3.01. The van der Waals surface area contributed by atoms with Crippen LogP contribution in [0.15, 0.2) is 22.3 Å². The van der Waals surface area contributed by atoms with E-state index in [9.17, 15) is 9.59 Å². The van der Waals surface area contributed by atoms with E-state index in [1.165, 1.54) is 21.0 Å². The fourth-order valence-corrected chi connectivity index (χ4v) is 2.73. The van der Waals surface area contributed by atoms with Crippen molar-refractivity contribution in [1.82, 2.24) is 35.1 Å². The number of hydrogen-bond acceptors (Lipinski definition) is 7. The average molecular weight is 335 g/mol. The van der Waals surface area contributed by atoms with Gasteiger partial charge < -0.3 is 5.32 Å². The highest BCUT2D eigenvalue weighted by molar-refractivity contribution is 7.99. The number of nitrogens with one attached hydrogen (secondary N) is 1. The van der Waals surface area contributed by atoms with Crippen molar-refractivity contribution in [3.05, 3.63) is 28.4 Å². The van der Waals surface area contributed by atoms with E-state index >= 15 is 0 Å². The molecule has 0 bridgehead atoms. The summed E-state index contributed by atoms with van der Waals surface area (Å²) in [5.74, 6) is 0.555. The SMILES string of the molecule is Cn1nnnc1SCC(=O)NCCn1cnc(C2CC2)cc1=O. The Morgan fingerprint density at radius 1 is 1.48 bits per heavy atom. The highest BCUT2D eigenvalue weighted by Gasteiger charge is 2.25. The molecule has 0 aromatic carbocycles. The van der Waals surface area contributed by atoms with Crippen LogP contribution in [-0.2, 0) is 18.4 Å². The smallest absolute Gasteiger partial charge is 0.253 e. The van der Waals surface area contributed by atoms with E-state index in [-0.39, 0.29) is 17.2 Å². The third-order valence-corrected chi connectivity index (χ3v) is 4.50. The summed E-state index contributed by atoms with van der Waals surface area (Å²) in [5, 5.41) is 14.3. The predicted octanol–water partition coefficient (Wildman–Crippen LogP) is -0.447. The lowest BCUT2D eigenvalue weighted by atomic mass is 10.3. The Kier molecular flexibility index (Phi) is 4.70. The van der Waals surface area contributed by atoms with Crippen LogP contribution in [-0.4, -0.2) is 48.0 Å². The maximum atomic E-state index is 11.9. The minimum absolute atomic E-state index is 0.0734. The second-order valence-corrected chi connectivity index (χ2v) is 6.29. The zero-order valence-corrected chi connectivity index (χ0v) is 13.5. The number of thioether (sulfide) groups is 1. The Morgan fingerprint density at radius 2 is 2.30 bits per heavy atom. The molecular formula is C13H17N7O2S. The number of rotatable bonds is 7. The molecular weight excluding hydrogens is 318 g/mol. The van der Waals surface area contributed by atoms with Crippen LogP contribution in [0.4, 0.5) is 0 Å². The first-order chi connectivity index (χ1) is 11.1. The Hall–Kier alpha value is -2.23. The van der Waals surface area contributed by atoms with Gasteiger partial charge in [0, 0.05) is 32.1 Å². The quantitative estimate of drug-likeness (QED) is 0.683. The number of aromatic nitrogens is 6. The Balaban J connectivity index is 1.43. The van der Waals surface area contributed by atoms with Crippen molar-refractivity contribution in [2.45, 2.75) is 30.5 Å². The zero-order valence-electron chi connectivity index (χ0n) is 12.7. The summed E-state index contributed by atoms with van der Waals surface area (Å²) in [6.45, 7) is 0.777. The number of amides is 1. The maximum absolute atomic E-state index is 11.9. The Labute approximate surface area is 136 Å². The van der Waals surface area contributed by atoms with Crippen LogP contribution in [0.25, 0.3) is 0 Å². The highest BCUT2D eigenvalue weighted by atomic mass is 32.2. The van der Waals surface area contributed by atoms with Crippen LogP contribution in [0.3, 0.4) is 0 Å². The van der Waals surface area contributed by atoms with E-state index in [0.717, 1.165) is 18.5 Å². The molecule has 2 heterocycles. The summed E-state index contributed by atoms with van der Waals surface area (Å²) in [6, 6.07) is 1.59. The predicted molar refractivity (Wildman–Crippen MR) is 83.0 cm³/mol. The first-order valence-corrected chi connectivity index (χ1v) is 8.30. The monoisotopic (exact) mass is 335 g/mol. The molecule has 0 aliphatic heterocycles. The molecule has 1 saturated carbocycles. The fourth-order valence-electron chi connectivity index (χ4n) is 2.05. The van der Waals surface area contributed by atoms with Crippen molar-refractivity contribution in [3.63, 3.8) is 0 Å². The highest BCUT2D eigenvalue weighted by Crippen LogP contribution is 2.38. The van der Waals surface area contributed by atoms with Gasteiger partial charge in [0.15, 0.2) is 0 Å². The summed E-state index contributed by atoms with van der Waals surface area (Å²) in [5.41, 5.74) is 0.805. The molecule has 0 radical (unpaired) electrons. The topological polar surface area (TPSA) is 108 Å². The molecule has 1 fully saturated rings. The molecule has 1 aliphatic carbocycles. The van der Waals surface area contributed by atoms with E-state index in [4.69, 9.17) is 0 Å². The van der Waals surface area contributed by atoms with Gasteiger partial charge in [-0.15, -0.1) is 5.10 Å².